The van der Waals surface area contributed by atoms with Crippen molar-refractivity contribution in [2.45, 2.75) is 61.2 Å². The van der Waals surface area contributed by atoms with Crippen LogP contribution in [0.2, 0.25) is 0 Å². The Hall–Kier alpha value is -3.09. The molecule has 0 saturated heterocycles. The summed E-state index contributed by atoms with van der Waals surface area (Å²) in [4.78, 5) is 14.8. The van der Waals surface area contributed by atoms with Crippen LogP contribution in [-0.4, -0.2) is 32.8 Å². The molecule has 0 aliphatic heterocycles. The van der Waals surface area contributed by atoms with Gasteiger partial charge in [0.15, 0.2) is 5.69 Å². The molecule has 1 aromatic carbocycles. The Morgan fingerprint density at radius 3 is 2.53 bits per heavy atom. The Morgan fingerprint density at radius 1 is 1.17 bits per heavy atom. The molecule has 7 heteroatoms. The summed E-state index contributed by atoms with van der Waals surface area (Å²) >= 11 is 0. The Kier molecular flexibility index (Phi) is 6.29. The van der Waals surface area contributed by atoms with Crippen molar-refractivity contribution >= 4 is 5.91 Å². The smallest absolute Gasteiger partial charge is 0.276 e. The summed E-state index contributed by atoms with van der Waals surface area (Å²) in [5.41, 5.74) is 6.25. The first kappa shape index (κ1) is 21.6. The number of nitrogens with zero attached hydrogens (tertiary/aromatic N) is 4. The van der Waals surface area contributed by atoms with E-state index in [0.29, 0.717) is 17.9 Å². The van der Waals surface area contributed by atoms with E-state index in [-0.39, 0.29) is 18.2 Å². The third kappa shape index (κ3) is 4.25. The van der Waals surface area contributed by atoms with Gasteiger partial charge in [0.1, 0.15) is 18.1 Å². The molecule has 0 radical (unpaired) electrons. The van der Waals surface area contributed by atoms with Crippen LogP contribution in [0.15, 0.2) is 22.7 Å². The maximum atomic E-state index is 13.1. The topological polar surface area (TPSA) is 73.4 Å². The Morgan fingerprint density at radius 2 is 1.90 bits per heavy atom. The lowest BCUT2D eigenvalue weighted by molar-refractivity contribution is 0.0772. The highest BCUT2D eigenvalue weighted by Gasteiger charge is 2.25. The van der Waals surface area contributed by atoms with Gasteiger partial charge in [0.2, 0.25) is 0 Å². The highest BCUT2D eigenvalue weighted by molar-refractivity contribution is 5.93. The standard InChI is InChI=1S/C23H30N4O3/c1-8-27-17(5)19(16(4)24-27)12-26(7)23(28)22-20(18(6)30-25-22)13-29-21-10-9-14(2)11-15(21)3/h9-11H,8,12-13H2,1-7H3. The van der Waals surface area contributed by atoms with Crippen LogP contribution in [0.5, 0.6) is 5.75 Å². The number of carbonyl (C=O) groups excluding carboxylic acids is 1. The van der Waals surface area contributed by atoms with Gasteiger partial charge in [0, 0.05) is 31.4 Å². The van der Waals surface area contributed by atoms with E-state index in [1.165, 1.54) is 5.56 Å². The fourth-order valence-electron chi connectivity index (χ4n) is 3.60. The molecule has 0 aliphatic carbocycles. The first-order valence-corrected chi connectivity index (χ1v) is 10.2. The molecule has 0 fully saturated rings. The molecule has 0 aliphatic rings. The maximum Gasteiger partial charge on any atom is 0.276 e. The van der Waals surface area contributed by atoms with Crippen LogP contribution in [-0.2, 0) is 19.7 Å². The third-order valence-corrected chi connectivity index (χ3v) is 5.46. The Balaban J connectivity index is 1.77. The summed E-state index contributed by atoms with van der Waals surface area (Å²) < 4.78 is 13.3. The zero-order valence-electron chi connectivity index (χ0n) is 18.9. The number of rotatable bonds is 7. The molecule has 3 rings (SSSR count). The molecule has 2 aromatic heterocycles. The van der Waals surface area contributed by atoms with E-state index >= 15 is 0 Å². The van der Waals surface area contributed by atoms with Gasteiger partial charge in [-0.3, -0.25) is 9.48 Å². The predicted molar refractivity (Wildman–Crippen MR) is 115 cm³/mol. The maximum absolute atomic E-state index is 13.1. The normalized spacial score (nSPS) is 11.0. The zero-order chi connectivity index (χ0) is 22.0. The minimum atomic E-state index is -0.200. The molecular weight excluding hydrogens is 380 g/mol. The van der Waals surface area contributed by atoms with Gasteiger partial charge < -0.3 is 14.2 Å². The highest BCUT2D eigenvalue weighted by Crippen LogP contribution is 2.23. The minimum absolute atomic E-state index is 0.200. The molecule has 2 heterocycles. The summed E-state index contributed by atoms with van der Waals surface area (Å²) in [5, 5.41) is 8.56. The van der Waals surface area contributed by atoms with Crippen molar-refractivity contribution in [3.63, 3.8) is 0 Å². The number of benzene rings is 1. The van der Waals surface area contributed by atoms with Crippen molar-refractivity contribution in [3.05, 3.63) is 63.3 Å². The number of ether oxygens (including phenoxy) is 1. The van der Waals surface area contributed by atoms with E-state index in [1.54, 1.807) is 18.9 Å². The van der Waals surface area contributed by atoms with Gasteiger partial charge in [-0.15, -0.1) is 0 Å². The van der Waals surface area contributed by atoms with Crippen LogP contribution >= 0.6 is 0 Å². The van der Waals surface area contributed by atoms with Crippen molar-refractivity contribution in [3.8, 4) is 5.75 Å². The number of aromatic nitrogens is 3. The monoisotopic (exact) mass is 410 g/mol. The summed E-state index contributed by atoms with van der Waals surface area (Å²) in [6.07, 6.45) is 0. The first-order valence-electron chi connectivity index (χ1n) is 10.2. The molecule has 0 saturated carbocycles. The second kappa shape index (κ2) is 8.73. The fourth-order valence-corrected chi connectivity index (χ4v) is 3.60. The van der Waals surface area contributed by atoms with Crippen molar-refractivity contribution in [2.24, 2.45) is 0 Å². The summed E-state index contributed by atoms with van der Waals surface area (Å²) in [6, 6.07) is 6.01. The average molecular weight is 411 g/mol. The van der Waals surface area contributed by atoms with Gasteiger partial charge in [0.05, 0.1) is 11.3 Å². The van der Waals surface area contributed by atoms with Gasteiger partial charge in [0.25, 0.3) is 5.91 Å². The van der Waals surface area contributed by atoms with Gasteiger partial charge in [-0.2, -0.15) is 5.10 Å². The van der Waals surface area contributed by atoms with Gasteiger partial charge >= 0.3 is 0 Å². The third-order valence-electron chi connectivity index (χ3n) is 5.46. The average Bonchev–Trinajstić information content (AvgIpc) is 3.20. The molecule has 0 atom stereocenters. The molecular formula is C23H30N4O3. The molecule has 160 valence electrons. The van der Waals surface area contributed by atoms with Crippen LogP contribution in [0.25, 0.3) is 0 Å². The second-order valence-corrected chi connectivity index (χ2v) is 7.75. The number of aryl methyl sites for hydroxylation is 5. The number of hydrogen-bond donors (Lipinski definition) is 0. The van der Waals surface area contributed by atoms with Gasteiger partial charge in [-0.05, 0) is 53.2 Å². The predicted octanol–water partition coefficient (Wildman–Crippen LogP) is 4.28. The van der Waals surface area contributed by atoms with E-state index in [9.17, 15) is 4.79 Å². The molecule has 30 heavy (non-hydrogen) atoms. The lowest BCUT2D eigenvalue weighted by Crippen LogP contribution is -2.28. The van der Waals surface area contributed by atoms with Gasteiger partial charge in [-0.1, -0.05) is 22.9 Å². The van der Waals surface area contributed by atoms with Crippen LogP contribution in [0, 0.1) is 34.6 Å². The van der Waals surface area contributed by atoms with Crippen LogP contribution in [0.3, 0.4) is 0 Å². The largest absolute Gasteiger partial charge is 0.488 e. The lowest BCUT2D eigenvalue weighted by atomic mass is 10.1. The number of hydrogen-bond acceptors (Lipinski definition) is 5. The van der Waals surface area contributed by atoms with E-state index in [2.05, 4.69) is 23.2 Å². The fraction of sp³-hybridized carbons (Fsp3) is 0.435. The zero-order valence-corrected chi connectivity index (χ0v) is 18.9. The van der Waals surface area contributed by atoms with E-state index < -0.39 is 0 Å². The van der Waals surface area contributed by atoms with Gasteiger partial charge in [-0.25, -0.2) is 0 Å². The van der Waals surface area contributed by atoms with E-state index in [1.807, 2.05) is 44.5 Å². The van der Waals surface area contributed by atoms with Crippen molar-refractivity contribution in [2.75, 3.05) is 7.05 Å². The summed E-state index contributed by atoms with van der Waals surface area (Å²) in [5.74, 6) is 1.17. The van der Waals surface area contributed by atoms with Crippen LogP contribution < -0.4 is 4.74 Å². The lowest BCUT2D eigenvalue weighted by Gasteiger charge is -2.17. The molecule has 0 spiro atoms. The number of carbonyl (C=O) groups is 1. The molecule has 1 amide bonds. The number of amides is 1. The Bertz CT molecular complexity index is 1060. The molecule has 3 aromatic rings. The summed E-state index contributed by atoms with van der Waals surface area (Å²) in [7, 11) is 1.77. The van der Waals surface area contributed by atoms with Crippen LogP contribution in [0.4, 0.5) is 0 Å². The van der Waals surface area contributed by atoms with Crippen LogP contribution in [0.1, 0.15) is 56.8 Å². The first-order chi connectivity index (χ1) is 14.2. The molecule has 7 nitrogen and oxygen atoms in total. The molecule has 0 bridgehead atoms. The van der Waals surface area contributed by atoms with Crippen molar-refractivity contribution in [1.29, 1.82) is 0 Å². The SMILES string of the molecule is CCn1nc(C)c(CN(C)C(=O)c2noc(C)c2COc2ccc(C)cc2C)c1C. The van der Waals surface area contributed by atoms with Crippen molar-refractivity contribution in [1.82, 2.24) is 19.8 Å². The molecule has 0 unspecified atom stereocenters. The minimum Gasteiger partial charge on any atom is -0.488 e. The quantitative estimate of drug-likeness (QED) is 0.581. The molecule has 0 N–H and O–H groups in total. The van der Waals surface area contributed by atoms with E-state index in [0.717, 1.165) is 34.8 Å². The summed E-state index contributed by atoms with van der Waals surface area (Å²) in [6.45, 7) is 13.4. The Labute approximate surface area is 177 Å². The van der Waals surface area contributed by atoms with Crippen molar-refractivity contribution < 1.29 is 14.1 Å². The second-order valence-electron chi connectivity index (χ2n) is 7.75. The highest BCUT2D eigenvalue weighted by atomic mass is 16.5. The van der Waals surface area contributed by atoms with E-state index in [4.69, 9.17) is 9.26 Å².